The predicted molar refractivity (Wildman–Crippen MR) is 70.3 cm³/mol. The molecule has 0 aromatic carbocycles. The van der Waals surface area contributed by atoms with Gasteiger partial charge in [0.05, 0.1) is 0 Å². The Morgan fingerprint density at radius 2 is 1.56 bits per heavy atom. The van der Waals surface area contributed by atoms with E-state index >= 15 is 0 Å². The van der Waals surface area contributed by atoms with Crippen molar-refractivity contribution in [1.82, 2.24) is 0 Å². The number of hydrogen-bond donors (Lipinski definition) is 1. The highest BCUT2D eigenvalue weighted by Crippen LogP contribution is 2.15. The maximum atomic E-state index is 10.4. The average molecular weight is 246 g/mol. The molecule has 0 heterocycles. The molecule has 0 aliphatic heterocycles. The summed E-state index contributed by atoms with van der Waals surface area (Å²) in [5, 5.41) is 9.01. The van der Waals surface area contributed by atoms with Crippen LogP contribution in [0.5, 0.6) is 0 Å². The van der Waals surface area contributed by atoms with E-state index in [4.69, 9.17) is 5.11 Å². The second-order valence-electron chi connectivity index (χ2n) is 4.62. The zero-order valence-electron chi connectivity index (χ0n) is 10.7. The summed E-state index contributed by atoms with van der Waals surface area (Å²) in [4.78, 5) is 0. The standard InChI is InChI=1S/C13H27O2P/c1-2-3-4-5-6-7-8-9-10-13(11-14)12-16-15/h13-14H,2-12H2,1H3. The lowest BCUT2D eigenvalue weighted by atomic mass is 10.0. The van der Waals surface area contributed by atoms with E-state index in [9.17, 15) is 4.57 Å². The molecule has 0 saturated heterocycles. The van der Waals surface area contributed by atoms with Crippen molar-refractivity contribution >= 4 is 8.46 Å². The van der Waals surface area contributed by atoms with E-state index in [0.717, 1.165) is 6.42 Å². The van der Waals surface area contributed by atoms with Crippen LogP contribution in [0.15, 0.2) is 0 Å². The molecule has 3 heteroatoms. The second kappa shape index (κ2) is 13.1. The van der Waals surface area contributed by atoms with Crippen molar-refractivity contribution in [3.05, 3.63) is 0 Å². The molecule has 0 rings (SSSR count). The summed E-state index contributed by atoms with van der Waals surface area (Å²) in [5.41, 5.74) is 0. The van der Waals surface area contributed by atoms with Crippen LogP contribution >= 0.6 is 8.46 Å². The Bertz CT molecular complexity index is 151. The molecular weight excluding hydrogens is 219 g/mol. The first kappa shape index (κ1) is 16.1. The smallest absolute Gasteiger partial charge is 0.155 e. The van der Waals surface area contributed by atoms with E-state index in [1.807, 2.05) is 0 Å². The lowest BCUT2D eigenvalue weighted by Crippen LogP contribution is -2.07. The van der Waals surface area contributed by atoms with Crippen LogP contribution in [0.3, 0.4) is 0 Å². The molecule has 0 aromatic heterocycles. The molecule has 16 heavy (non-hydrogen) atoms. The number of aliphatic hydroxyl groups excluding tert-OH is 1. The second-order valence-corrected chi connectivity index (χ2v) is 5.25. The van der Waals surface area contributed by atoms with Gasteiger partial charge in [0, 0.05) is 12.8 Å². The Morgan fingerprint density at radius 3 is 2.06 bits per heavy atom. The molecule has 1 unspecified atom stereocenters. The zero-order valence-corrected chi connectivity index (χ0v) is 11.6. The number of unbranched alkanes of at least 4 members (excludes halogenated alkanes) is 7. The minimum atomic E-state index is 0.174. The summed E-state index contributed by atoms with van der Waals surface area (Å²) in [5.74, 6) is 0.249. The monoisotopic (exact) mass is 246 g/mol. The molecule has 96 valence electrons. The third-order valence-corrected chi connectivity index (χ3v) is 3.72. The Balaban J connectivity index is 3.15. The number of aliphatic hydroxyl groups is 1. The molecule has 0 radical (unpaired) electrons. The molecule has 0 aliphatic carbocycles. The van der Waals surface area contributed by atoms with Gasteiger partial charge >= 0.3 is 0 Å². The lowest BCUT2D eigenvalue weighted by molar-refractivity contribution is 0.229. The van der Waals surface area contributed by atoms with E-state index in [1.54, 1.807) is 0 Å². The quantitative estimate of drug-likeness (QED) is 0.409. The fraction of sp³-hybridized carbons (Fsp3) is 1.00. The van der Waals surface area contributed by atoms with E-state index in [2.05, 4.69) is 6.92 Å². The van der Waals surface area contributed by atoms with Crippen molar-refractivity contribution in [2.45, 2.75) is 64.7 Å². The maximum absolute atomic E-state index is 10.4. The van der Waals surface area contributed by atoms with Crippen LogP contribution in [0.4, 0.5) is 0 Å². The van der Waals surface area contributed by atoms with Gasteiger partial charge in [0.15, 0.2) is 8.46 Å². The topological polar surface area (TPSA) is 37.3 Å². The molecule has 0 fully saturated rings. The van der Waals surface area contributed by atoms with Crippen LogP contribution in [0, 0.1) is 5.92 Å². The van der Waals surface area contributed by atoms with Crippen molar-refractivity contribution in [2.75, 3.05) is 12.8 Å². The van der Waals surface area contributed by atoms with Gasteiger partial charge in [-0.1, -0.05) is 58.3 Å². The number of rotatable bonds is 12. The Morgan fingerprint density at radius 1 is 1.00 bits per heavy atom. The highest BCUT2D eigenvalue weighted by atomic mass is 31.1. The highest BCUT2D eigenvalue weighted by molar-refractivity contribution is 7.23. The molecular formula is C13H27O2P. The molecule has 0 aliphatic rings. The van der Waals surface area contributed by atoms with Crippen LogP contribution < -0.4 is 0 Å². The SMILES string of the molecule is CCCCCCCCCCC(CO)CP=O. The number of hydrogen-bond acceptors (Lipinski definition) is 2. The Labute approximate surface area is 102 Å². The van der Waals surface area contributed by atoms with Crippen LogP contribution in [0.25, 0.3) is 0 Å². The van der Waals surface area contributed by atoms with E-state index in [-0.39, 0.29) is 21.0 Å². The van der Waals surface area contributed by atoms with Gasteiger partial charge in [0.25, 0.3) is 0 Å². The normalized spacial score (nSPS) is 13.1. The Kier molecular flexibility index (Phi) is 13.2. The summed E-state index contributed by atoms with van der Waals surface area (Å²) in [6, 6.07) is 0. The third-order valence-electron chi connectivity index (χ3n) is 3.06. The van der Waals surface area contributed by atoms with E-state index in [0.29, 0.717) is 6.16 Å². The van der Waals surface area contributed by atoms with Gasteiger partial charge in [-0.15, -0.1) is 0 Å². The molecule has 0 saturated carbocycles. The average Bonchev–Trinajstić information content (AvgIpc) is 2.31. The lowest BCUT2D eigenvalue weighted by Gasteiger charge is -2.09. The molecule has 1 N–H and O–H groups in total. The van der Waals surface area contributed by atoms with Gasteiger partial charge < -0.3 is 5.11 Å². The van der Waals surface area contributed by atoms with Gasteiger partial charge in [0.2, 0.25) is 0 Å². The van der Waals surface area contributed by atoms with E-state index < -0.39 is 0 Å². The summed E-state index contributed by atoms with van der Waals surface area (Å²) < 4.78 is 10.4. The largest absolute Gasteiger partial charge is 0.396 e. The first-order valence-electron chi connectivity index (χ1n) is 6.75. The Hall–Kier alpha value is 0.0600. The van der Waals surface area contributed by atoms with Gasteiger partial charge in [0.1, 0.15) is 0 Å². The van der Waals surface area contributed by atoms with Gasteiger partial charge in [-0.25, -0.2) is 0 Å². The van der Waals surface area contributed by atoms with Gasteiger partial charge in [-0.05, 0) is 12.3 Å². The first-order chi connectivity index (χ1) is 7.85. The van der Waals surface area contributed by atoms with Crippen molar-refractivity contribution in [2.24, 2.45) is 5.92 Å². The first-order valence-corrected chi connectivity index (χ1v) is 7.74. The van der Waals surface area contributed by atoms with Crippen LogP contribution in [-0.2, 0) is 4.57 Å². The van der Waals surface area contributed by atoms with Crippen molar-refractivity contribution < 1.29 is 9.67 Å². The molecule has 2 nitrogen and oxygen atoms in total. The third kappa shape index (κ3) is 10.6. The van der Waals surface area contributed by atoms with Gasteiger partial charge in [-0.3, -0.25) is 4.57 Å². The van der Waals surface area contributed by atoms with Crippen LogP contribution in [-0.4, -0.2) is 17.9 Å². The zero-order chi connectivity index (χ0) is 12.1. The van der Waals surface area contributed by atoms with Crippen molar-refractivity contribution in [3.63, 3.8) is 0 Å². The van der Waals surface area contributed by atoms with Crippen molar-refractivity contribution in [1.29, 1.82) is 0 Å². The van der Waals surface area contributed by atoms with E-state index in [1.165, 1.54) is 51.4 Å². The van der Waals surface area contributed by atoms with Crippen LogP contribution in [0.2, 0.25) is 0 Å². The van der Waals surface area contributed by atoms with Crippen LogP contribution in [0.1, 0.15) is 64.7 Å². The summed E-state index contributed by atoms with van der Waals surface area (Å²) in [7, 11) is 0.174. The molecule has 0 spiro atoms. The fourth-order valence-corrected chi connectivity index (χ4v) is 2.42. The summed E-state index contributed by atoms with van der Waals surface area (Å²) in [6.07, 6.45) is 12.2. The summed E-state index contributed by atoms with van der Waals surface area (Å²) in [6.45, 7) is 2.43. The summed E-state index contributed by atoms with van der Waals surface area (Å²) >= 11 is 0. The minimum absolute atomic E-state index is 0.174. The predicted octanol–water partition coefficient (Wildman–Crippen LogP) is 4.42. The fourth-order valence-electron chi connectivity index (χ4n) is 1.91. The minimum Gasteiger partial charge on any atom is -0.396 e. The molecule has 0 bridgehead atoms. The molecule has 0 aromatic rings. The van der Waals surface area contributed by atoms with Gasteiger partial charge in [-0.2, -0.15) is 0 Å². The highest BCUT2D eigenvalue weighted by Gasteiger charge is 2.06. The maximum Gasteiger partial charge on any atom is 0.155 e. The van der Waals surface area contributed by atoms with Crippen molar-refractivity contribution in [3.8, 4) is 0 Å². The molecule has 0 amide bonds. The molecule has 1 atom stereocenters.